The van der Waals surface area contributed by atoms with E-state index in [0.29, 0.717) is 42.8 Å². The highest BCUT2D eigenvalue weighted by Crippen LogP contribution is 2.40. The van der Waals surface area contributed by atoms with E-state index in [0.717, 1.165) is 28.7 Å². The number of nitrogens with zero attached hydrogens (tertiary/aromatic N) is 5. The Hall–Kier alpha value is -8.69. The van der Waals surface area contributed by atoms with Gasteiger partial charge in [-0.1, -0.05) is 83.5 Å². The number of aromatic nitrogens is 3. The predicted molar refractivity (Wildman–Crippen MR) is 304 cm³/mol. The normalized spacial score (nSPS) is 13.7. The van der Waals surface area contributed by atoms with E-state index < -0.39 is 71.7 Å². The Morgan fingerprint density at radius 1 is 0.831 bits per heavy atom. The number of unbranched alkanes of at least 4 members (excludes halogenated alkanes) is 2. The standard InChI is InChI=1S/C61H73F3N10O9/c1-39(2)54(71-51(76)18-10-7-11-30-73-52(77)25-26-53(73)78)50(75)32-42(16-13-29-67-59(65)81)57(79)68-45-22-19-41(20-23-45)38-83-60(82)69-46(34-62)27-31-74(58(80)43-17-12-28-66-35-43)55(61(3,4)5)56-70-49(47-33-44(63)21-24-48(47)64)37-72(56)36-40-14-8-6-9-15-40/h6,8-9,12,14-15,17,19-26,28,33,35,37,39,42,46,54-55H,7,10-11,13,16,18,27,29-32,34,36,38H2,1-5H3,(H,68,79)(H,69,82)(H,71,76)(H3,65,67,81)/t42-,46-,54+,55+/m1/s1. The van der Waals surface area contributed by atoms with Crippen LogP contribution in [0.5, 0.6) is 0 Å². The fourth-order valence-electron chi connectivity index (χ4n) is 9.65. The highest BCUT2D eigenvalue weighted by molar-refractivity contribution is 6.12. The van der Waals surface area contributed by atoms with Crippen molar-refractivity contribution in [3.8, 4) is 11.3 Å². The van der Waals surface area contributed by atoms with Crippen LogP contribution in [0.4, 0.5) is 28.4 Å². The SMILES string of the molecule is CC(C)[C@H](NC(=O)CCCCCN1C(=O)C=CC1=O)C(=O)C[C@@H](CCCNC(N)=O)C(=O)Nc1ccc(COC(=O)N[C@@H](CF)CCN(C(=O)c2cccnc2)[C@@H](c2nc(-c3cc(F)ccc3F)cn2Cc2ccccc2)C(C)(C)C)cc1. The third-order valence-corrected chi connectivity index (χ3v) is 13.9. The van der Waals surface area contributed by atoms with Gasteiger partial charge in [-0.3, -0.25) is 38.7 Å². The predicted octanol–water partition coefficient (Wildman–Crippen LogP) is 8.74. The molecule has 6 N–H and O–H groups in total. The van der Waals surface area contributed by atoms with E-state index in [1.165, 1.54) is 29.4 Å². The van der Waals surface area contributed by atoms with Crippen molar-refractivity contribution in [3.63, 3.8) is 0 Å². The molecular formula is C61H73F3N10O9. The van der Waals surface area contributed by atoms with Crippen molar-refractivity contribution < 1.29 is 56.3 Å². The van der Waals surface area contributed by atoms with E-state index >= 15 is 4.39 Å². The first-order valence-electron chi connectivity index (χ1n) is 27.7. The van der Waals surface area contributed by atoms with E-state index in [9.17, 15) is 47.1 Å². The van der Waals surface area contributed by atoms with Gasteiger partial charge in [-0.25, -0.2) is 27.7 Å². The molecule has 4 atom stereocenters. The fraction of sp³-hybridized carbons (Fsp3) is 0.410. The summed E-state index contributed by atoms with van der Waals surface area (Å²) in [5.41, 5.74) is 6.48. The average molecular weight is 1150 g/mol. The minimum atomic E-state index is -1.13. The Bertz CT molecular complexity index is 3060. The fourth-order valence-corrected chi connectivity index (χ4v) is 9.65. The Morgan fingerprint density at radius 3 is 2.20 bits per heavy atom. The van der Waals surface area contributed by atoms with Crippen LogP contribution in [0.3, 0.4) is 0 Å². The molecule has 0 saturated carbocycles. The number of carbonyl (C=O) groups excluding carboxylic acids is 8. The van der Waals surface area contributed by atoms with Crippen LogP contribution in [0.15, 0.2) is 116 Å². The highest BCUT2D eigenvalue weighted by Gasteiger charge is 2.40. The lowest BCUT2D eigenvalue weighted by molar-refractivity contribution is -0.137. The van der Waals surface area contributed by atoms with Gasteiger partial charge in [0.2, 0.25) is 11.8 Å². The smallest absolute Gasteiger partial charge is 0.407 e. The Balaban J connectivity index is 1.08. The van der Waals surface area contributed by atoms with Crippen molar-refractivity contribution in [2.24, 2.45) is 23.0 Å². The first-order chi connectivity index (χ1) is 39.6. The summed E-state index contributed by atoms with van der Waals surface area (Å²) in [4.78, 5) is 115. The number of primary amides is 1. The summed E-state index contributed by atoms with van der Waals surface area (Å²) < 4.78 is 52.2. The van der Waals surface area contributed by atoms with Crippen molar-refractivity contribution in [2.45, 2.75) is 117 Å². The Kier molecular flexibility index (Phi) is 23.2. The molecular weight excluding hydrogens is 1070 g/mol. The number of urea groups is 1. The minimum Gasteiger partial charge on any atom is -0.445 e. The van der Waals surface area contributed by atoms with E-state index in [1.54, 1.807) is 61.0 Å². The second kappa shape index (κ2) is 30.4. The third-order valence-electron chi connectivity index (χ3n) is 13.9. The quantitative estimate of drug-likeness (QED) is 0.0215. The third kappa shape index (κ3) is 18.9. The van der Waals surface area contributed by atoms with Crippen LogP contribution in [0.2, 0.25) is 0 Å². The zero-order valence-corrected chi connectivity index (χ0v) is 47.4. The van der Waals surface area contributed by atoms with Crippen molar-refractivity contribution in [1.82, 2.24) is 40.3 Å². The Labute approximate surface area is 481 Å². The van der Waals surface area contributed by atoms with Gasteiger partial charge < -0.3 is 41.2 Å². The van der Waals surface area contributed by atoms with Gasteiger partial charge in [-0.2, -0.15) is 0 Å². The molecule has 2 aromatic heterocycles. The van der Waals surface area contributed by atoms with Crippen LogP contribution < -0.4 is 27.0 Å². The van der Waals surface area contributed by atoms with Crippen LogP contribution in [0, 0.1) is 28.9 Å². The summed E-state index contributed by atoms with van der Waals surface area (Å²) in [6.45, 7) is 8.51. The molecule has 0 bridgehead atoms. The number of halogens is 3. The molecule has 0 radical (unpaired) electrons. The van der Waals surface area contributed by atoms with Crippen molar-refractivity contribution in [3.05, 3.63) is 150 Å². The maximum absolute atomic E-state index is 15.3. The van der Waals surface area contributed by atoms with Crippen LogP contribution in [-0.2, 0) is 41.9 Å². The van der Waals surface area contributed by atoms with E-state index in [4.69, 9.17) is 15.5 Å². The number of carbonyl (C=O) groups is 8. The summed E-state index contributed by atoms with van der Waals surface area (Å²) in [7, 11) is 0. The molecule has 0 fully saturated rings. The van der Waals surface area contributed by atoms with Gasteiger partial charge in [-0.15, -0.1) is 0 Å². The largest absolute Gasteiger partial charge is 0.445 e. The monoisotopic (exact) mass is 1150 g/mol. The average Bonchev–Trinajstić information content (AvgIpc) is 3.80. The van der Waals surface area contributed by atoms with Crippen molar-refractivity contribution in [2.75, 3.05) is 31.6 Å². The number of anilines is 1. The summed E-state index contributed by atoms with van der Waals surface area (Å²) >= 11 is 0. The lowest BCUT2D eigenvalue weighted by atomic mass is 9.84. The van der Waals surface area contributed by atoms with Gasteiger partial charge in [-0.05, 0) is 97.0 Å². The molecule has 0 spiro atoms. The van der Waals surface area contributed by atoms with Gasteiger partial charge in [0.25, 0.3) is 17.7 Å². The molecule has 442 valence electrons. The molecule has 8 amide bonds. The van der Waals surface area contributed by atoms with Gasteiger partial charge in [0.05, 0.1) is 29.4 Å². The number of pyridine rings is 1. The van der Waals surface area contributed by atoms with E-state index in [-0.39, 0.29) is 105 Å². The summed E-state index contributed by atoms with van der Waals surface area (Å²) in [5.74, 6) is -4.62. The highest BCUT2D eigenvalue weighted by atomic mass is 19.1. The number of nitrogens with one attached hydrogen (secondary N) is 4. The maximum atomic E-state index is 15.3. The number of imidazole rings is 1. The number of hydrogen-bond donors (Lipinski definition) is 5. The van der Waals surface area contributed by atoms with Crippen molar-refractivity contribution >= 4 is 53.1 Å². The second-order valence-electron chi connectivity index (χ2n) is 21.8. The van der Waals surface area contributed by atoms with Gasteiger partial charge in [0.1, 0.15) is 30.7 Å². The van der Waals surface area contributed by atoms with Crippen LogP contribution in [0.25, 0.3) is 11.3 Å². The molecule has 1 aliphatic rings. The molecule has 19 nitrogen and oxygen atoms in total. The number of benzene rings is 3. The molecule has 6 rings (SSSR count). The van der Waals surface area contributed by atoms with Gasteiger partial charge in [0.15, 0.2) is 5.78 Å². The minimum absolute atomic E-state index is 0.0759. The number of ketones is 1. The van der Waals surface area contributed by atoms with Crippen LogP contribution in [0.1, 0.15) is 119 Å². The first kappa shape index (κ1) is 63.5. The lowest BCUT2D eigenvalue weighted by Gasteiger charge is -2.40. The number of rotatable bonds is 30. The number of ether oxygens (including phenoxy) is 1. The molecule has 0 saturated heterocycles. The summed E-state index contributed by atoms with van der Waals surface area (Å²) in [6.07, 6.45) is 7.86. The topological polar surface area (TPSA) is 257 Å². The molecule has 3 aromatic carbocycles. The molecule has 5 aromatic rings. The number of nitrogens with two attached hydrogens (primary N) is 1. The van der Waals surface area contributed by atoms with Crippen LogP contribution >= 0.6 is 0 Å². The lowest BCUT2D eigenvalue weighted by Crippen LogP contribution is -2.46. The number of alkyl carbamates (subject to hydrolysis) is 1. The molecule has 3 heterocycles. The second-order valence-corrected chi connectivity index (χ2v) is 21.8. The zero-order valence-electron chi connectivity index (χ0n) is 47.4. The van der Waals surface area contributed by atoms with E-state index in [2.05, 4.69) is 26.3 Å². The maximum Gasteiger partial charge on any atom is 0.407 e. The summed E-state index contributed by atoms with van der Waals surface area (Å²) in [5, 5.41) is 10.7. The van der Waals surface area contributed by atoms with E-state index in [1.807, 2.05) is 51.1 Å². The molecule has 83 heavy (non-hydrogen) atoms. The Morgan fingerprint density at radius 2 is 1.55 bits per heavy atom. The number of alkyl halides is 1. The number of hydrogen-bond acceptors (Lipinski definition) is 11. The van der Waals surface area contributed by atoms with Gasteiger partial charge in [0, 0.05) is 86.9 Å². The molecule has 0 aliphatic carbocycles. The molecule has 0 unspecified atom stereocenters. The van der Waals surface area contributed by atoms with Crippen LogP contribution in [-0.4, -0.2) is 110 Å². The summed E-state index contributed by atoms with van der Waals surface area (Å²) in [6, 6.07) is 18.4. The number of imide groups is 1. The van der Waals surface area contributed by atoms with Crippen molar-refractivity contribution in [1.29, 1.82) is 0 Å². The molecule has 22 heteroatoms. The molecule has 1 aliphatic heterocycles. The number of Topliss-reactive ketones (excluding diaryl/α,β-unsaturated/α-hetero) is 1. The van der Waals surface area contributed by atoms with Gasteiger partial charge >= 0.3 is 12.1 Å². The first-order valence-corrected chi connectivity index (χ1v) is 27.7. The zero-order chi connectivity index (χ0) is 60.2. The number of amides is 8.